The van der Waals surface area contributed by atoms with Gasteiger partial charge in [0.25, 0.3) is 0 Å². The Morgan fingerprint density at radius 2 is 1.10 bits per heavy atom. The highest BCUT2D eigenvalue weighted by Gasteiger charge is 2.47. The van der Waals surface area contributed by atoms with Crippen LogP contribution in [-0.4, -0.2) is 69.9 Å². The number of hydrogen-bond acceptors (Lipinski definition) is 11. The molecular formula is C39H46N2O11. The molecule has 2 aromatic rings. The first kappa shape index (κ1) is 41.1. The van der Waals surface area contributed by atoms with Crippen molar-refractivity contribution >= 4 is 52.7 Å². The van der Waals surface area contributed by atoms with E-state index in [0.29, 0.717) is 0 Å². The summed E-state index contributed by atoms with van der Waals surface area (Å²) in [6.07, 6.45) is -1.52. The van der Waals surface area contributed by atoms with Gasteiger partial charge in [-0.2, -0.15) is 0 Å². The van der Waals surface area contributed by atoms with Crippen LogP contribution in [0.4, 0.5) is 9.59 Å². The van der Waals surface area contributed by atoms with E-state index in [1.165, 1.54) is 36.4 Å². The highest BCUT2D eigenvalue weighted by atomic mass is 16.6. The third kappa shape index (κ3) is 9.51. The van der Waals surface area contributed by atoms with E-state index in [0.717, 1.165) is 0 Å². The molecule has 278 valence electrons. The lowest BCUT2D eigenvalue weighted by molar-refractivity contribution is -0.123. The van der Waals surface area contributed by atoms with Gasteiger partial charge in [-0.1, -0.05) is 39.8 Å². The van der Waals surface area contributed by atoms with Gasteiger partial charge in [0, 0.05) is 39.8 Å². The molecule has 2 aliphatic rings. The van der Waals surface area contributed by atoms with E-state index < -0.39 is 87.7 Å². The van der Waals surface area contributed by atoms with Crippen LogP contribution < -0.4 is 11.1 Å². The van der Waals surface area contributed by atoms with Gasteiger partial charge >= 0.3 is 12.2 Å². The molecule has 0 heterocycles. The van der Waals surface area contributed by atoms with Crippen molar-refractivity contribution < 1.29 is 52.6 Å². The maximum atomic E-state index is 13.5. The molecule has 2 aliphatic carbocycles. The second kappa shape index (κ2) is 15.5. The Hall–Kier alpha value is -5.33. The molecule has 0 radical (unpaired) electrons. The average molecular weight is 719 g/mol. The van der Waals surface area contributed by atoms with Crippen LogP contribution in [0, 0.1) is 23.7 Å². The van der Waals surface area contributed by atoms with Crippen LogP contribution in [0.3, 0.4) is 0 Å². The van der Waals surface area contributed by atoms with E-state index in [4.69, 9.17) is 10.5 Å². The fraction of sp³-hybridized carbons (Fsp3) is 0.462. The lowest BCUT2D eigenvalue weighted by atomic mass is 9.88. The van der Waals surface area contributed by atoms with Gasteiger partial charge in [-0.15, -0.1) is 0 Å². The first-order chi connectivity index (χ1) is 23.8. The largest absolute Gasteiger partial charge is 0.444 e. The number of amides is 2. The van der Waals surface area contributed by atoms with Gasteiger partial charge in [0.15, 0.2) is 40.5 Å². The van der Waals surface area contributed by atoms with Crippen LogP contribution in [-0.2, 0) is 19.1 Å². The topological polar surface area (TPSA) is 210 Å². The van der Waals surface area contributed by atoms with Crippen LogP contribution in [0.25, 0.3) is 0 Å². The van der Waals surface area contributed by atoms with E-state index in [-0.39, 0.29) is 45.7 Å². The normalized spacial score (nSPS) is 17.2. The molecule has 0 aromatic heterocycles. The summed E-state index contributed by atoms with van der Waals surface area (Å²) in [5.41, 5.74) is 3.43. The van der Waals surface area contributed by atoms with Crippen LogP contribution in [0.15, 0.2) is 36.4 Å². The van der Waals surface area contributed by atoms with E-state index in [2.05, 4.69) is 10.1 Å². The fourth-order valence-corrected chi connectivity index (χ4v) is 5.79. The molecule has 13 heteroatoms. The Morgan fingerprint density at radius 1 is 0.673 bits per heavy atom. The van der Waals surface area contributed by atoms with E-state index in [1.54, 1.807) is 55.4 Å². The molecule has 3 unspecified atom stereocenters. The minimum atomic E-state index is -1.69. The molecule has 0 aliphatic heterocycles. The molecule has 0 spiro atoms. The second-order valence-corrected chi connectivity index (χ2v) is 15.5. The Labute approximate surface area is 302 Å². The number of carbonyl (C=O) groups is 9. The third-order valence-electron chi connectivity index (χ3n) is 7.94. The Kier molecular flexibility index (Phi) is 12.3. The summed E-state index contributed by atoms with van der Waals surface area (Å²) in [4.78, 5) is 114. The van der Waals surface area contributed by atoms with Crippen molar-refractivity contribution in [1.29, 1.82) is 0 Å². The quantitative estimate of drug-likeness (QED) is 0.243. The van der Waals surface area contributed by atoms with Gasteiger partial charge < -0.3 is 20.5 Å². The number of carbonyl (C=O) groups excluding carboxylic acids is 9. The minimum absolute atomic E-state index is 0.0155. The molecule has 4 rings (SSSR count). The Bertz CT molecular complexity index is 1860. The third-order valence-corrected chi connectivity index (χ3v) is 7.94. The summed E-state index contributed by atoms with van der Waals surface area (Å²) < 4.78 is 9.81. The number of nitrogens with two attached hydrogens (primary N) is 1. The minimum Gasteiger partial charge on any atom is -0.444 e. The summed E-state index contributed by atoms with van der Waals surface area (Å²) in [5, 5.41) is 2.47. The number of primary amides is 1. The SMILES string of the molecule is CC(C)(C)OC(N)=O.CC(C)CC(=O)C1C(=O)c2ccc(C(=O)c3ccc4c(c3)C(=O)C(C(=O)C(NC(=O)OC(C)(C)C)C(C)C)C4=O)cc2C1=O. The van der Waals surface area contributed by atoms with Gasteiger partial charge in [-0.25, -0.2) is 9.59 Å². The van der Waals surface area contributed by atoms with E-state index >= 15 is 0 Å². The van der Waals surface area contributed by atoms with Gasteiger partial charge in [0.05, 0.1) is 6.04 Å². The summed E-state index contributed by atoms with van der Waals surface area (Å²) in [6, 6.07) is 6.66. The molecule has 0 saturated heterocycles. The van der Waals surface area contributed by atoms with Gasteiger partial charge in [-0.05, 0) is 77.6 Å². The molecule has 13 nitrogen and oxygen atoms in total. The Morgan fingerprint density at radius 3 is 1.48 bits per heavy atom. The van der Waals surface area contributed by atoms with Crippen LogP contribution in [0.1, 0.15) is 133 Å². The molecule has 0 saturated carbocycles. The number of ketones is 7. The zero-order valence-corrected chi connectivity index (χ0v) is 31.1. The van der Waals surface area contributed by atoms with Crippen molar-refractivity contribution in [2.45, 2.75) is 92.9 Å². The standard InChI is InChI=1S/C34H35NO9.C5H11NO2/c1-15(2)12-23(36)24-28(38)19-10-8-17(13-21(19)30(24)40)27(37)18-9-11-20-22(14-18)31(41)25(29(20)39)32(42)26(16(3)4)35-33(43)44-34(5,6)7;1-5(2,3)8-4(6)7/h8-11,13-16,24-26H,12H2,1-7H3,(H,35,43);1-3H3,(H2,6,7). The van der Waals surface area contributed by atoms with Gasteiger partial charge in [0.1, 0.15) is 23.0 Å². The number of Topliss-reactive ketones (excluding diaryl/α,β-unsaturated/α-hetero) is 6. The van der Waals surface area contributed by atoms with Crippen LogP contribution in [0.2, 0.25) is 0 Å². The molecule has 3 N–H and O–H groups in total. The first-order valence-electron chi connectivity index (χ1n) is 16.9. The maximum absolute atomic E-state index is 13.5. The molecular weight excluding hydrogens is 672 g/mol. The molecule has 2 amide bonds. The van der Waals surface area contributed by atoms with Crippen molar-refractivity contribution in [1.82, 2.24) is 5.32 Å². The summed E-state index contributed by atoms with van der Waals surface area (Å²) >= 11 is 0. The smallest absolute Gasteiger partial charge is 0.408 e. The lowest BCUT2D eigenvalue weighted by Crippen LogP contribution is -2.50. The monoisotopic (exact) mass is 718 g/mol. The number of hydrogen-bond donors (Lipinski definition) is 2. The van der Waals surface area contributed by atoms with Crippen LogP contribution >= 0.6 is 0 Å². The Balaban J connectivity index is 0.000000815. The molecule has 3 atom stereocenters. The molecule has 0 bridgehead atoms. The highest BCUT2D eigenvalue weighted by Crippen LogP contribution is 2.33. The molecule has 2 aromatic carbocycles. The van der Waals surface area contributed by atoms with E-state index in [1.807, 2.05) is 13.8 Å². The number of benzene rings is 2. The number of nitrogens with one attached hydrogen (secondary N) is 1. The van der Waals surface area contributed by atoms with Gasteiger partial charge in [0.2, 0.25) is 0 Å². The fourth-order valence-electron chi connectivity index (χ4n) is 5.79. The highest BCUT2D eigenvalue weighted by molar-refractivity contribution is 6.37. The predicted octanol–water partition coefficient (Wildman–Crippen LogP) is 5.52. The summed E-state index contributed by atoms with van der Waals surface area (Å²) in [5.74, 6) is -8.22. The number of rotatable bonds is 9. The number of alkyl carbamates (subject to hydrolysis) is 1. The number of ether oxygens (including phenoxy) is 2. The van der Waals surface area contributed by atoms with Crippen molar-refractivity contribution in [3.63, 3.8) is 0 Å². The first-order valence-corrected chi connectivity index (χ1v) is 16.9. The van der Waals surface area contributed by atoms with Crippen molar-refractivity contribution in [3.05, 3.63) is 69.8 Å². The average Bonchev–Trinajstić information content (AvgIpc) is 3.40. The van der Waals surface area contributed by atoms with Crippen molar-refractivity contribution in [3.8, 4) is 0 Å². The second-order valence-electron chi connectivity index (χ2n) is 15.5. The zero-order valence-electron chi connectivity index (χ0n) is 31.1. The maximum Gasteiger partial charge on any atom is 0.408 e. The van der Waals surface area contributed by atoms with Crippen LogP contribution in [0.5, 0.6) is 0 Å². The lowest BCUT2D eigenvalue weighted by Gasteiger charge is -2.26. The summed E-state index contributed by atoms with van der Waals surface area (Å²) in [6.45, 7) is 17.2. The predicted molar refractivity (Wildman–Crippen MR) is 189 cm³/mol. The summed E-state index contributed by atoms with van der Waals surface area (Å²) in [7, 11) is 0. The molecule has 0 fully saturated rings. The zero-order chi connectivity index (χ0) is 39.6. The van der Waals surface area contributed by atoms with Crippen molar-refractivity contribution in [2.75, 3.05) is 0 Å². The number of fused-ring (bicyclic) bond motifs is 2. The van der Waals surface area contributed by atoms with E-state index in [9.17, 15) is 43.2 Å². The molecule has 52 heavy (non-hydrogen) atoms. The van der Waals surface area contributed by atoms with Gasteiger partial charge in [-0.3, -0.25) is 33.6 Å². The van der Waals surface area contributed by atoms with Crippen molar-refractivity contribution in [2.24, 2.45) is 29.4 Å².